The average Bonchev–Trinajstić information content (AvgIpc) is 2.31. The third kappa shape index (κ3) is 5.47. The third-order valence-corrected chi connectivity index (χ3v) is 2.60. The van der Waals surface area contributed by atoms with Gasteiger partial charge in [-0.1, -0.05) is 31.5 Å². The summed E-state index contributed by atoms with van der Waals surface area (Å²) in [5, 5.41) is 5.88. The molecule has 1 amide bonds. The zero-order valence-corrected chi connectivity index (χ0v) is 11.4. The molecule has 0 unspecified atom stereocenters. The summed E-state index contributed by atoms with van der Waals surface area (Å²) in [6, 6.07) is 4.51. The number of benzene rings is 1. The van der Waals surface area contributed by atoms with Crippen LogP contribution in [0.5, 0.6) is 0 Å². The molecule has 0 saturated carbocycles. The quantitative estimate of drug-likeness (QED) is 0.835. The van der Waals surface area contributed by atoms with Crippen LogP contribution in [0, 0.1) is 11.7 Å². The number of halogens is 2. The molecule has 0 aliphatic rings. The van der Waals surface area contributed by atoms with Crippen LogP contribution in [0.1, 0.15) is 19.4 Å². The van der Waals surface area contributed by atoms with Crippen molar-refractivity contribution in [3.8, 4) is 0 Å². The van der Waals surface area contributed by atoms with Crippen LogP contribution in [-0.2, 0) is 11.3 Å². The number of carbonyl (C=O) groups excluding carboxylic acids is 1. The van der Waals surface area contributed by atoms with Crippen LogP contribution in [0.25, 0.3) is 0 Å². The van der Waals surface area contributed by atoms with Gasteiger partial charge in [0.2, 0.25) is 5.91 Å². The fourth-order valence-corrected chi connectivity index (χ4v) is 1.55. The van der Waals surface area contributed by atoms with E-state index in [1.807, 2.05) is 13.8 Å². The number of hydrogen-bond acceptors (Lipinski definition) is 2. The minimum atomic E-state index is -0.435. The molecule has 2 N–H and O–H groups in total. The van der Waals surface area contributed by atoms with E-state index in [4.69, 9.17) is 11.6 Å². The van der Waals surface area contributed by atoms with E-state index in [0.717, 1.165) is 5.56 Å². The lowest BCUT2D eigenvalue weighted by Crippen LogP contribution is -2.35. The van der Waals surface area contributed by atoms with E-state index in [9.17, 15) is 9.18 Å². The topological polar surface area (TPSA) is 41.1 Å². The minimum Gasteiger partial charge on any atom is -0.355 e. The van der Waals surface area contributed by atoms with E-state index in [0.29, 0.717) is 19.0 Å². The van der Waals surface area contributed by atoms with Gasteiger partial charge in [-0.25, -0.2) is 4.39 Å². The summed E-state index contributed by atoms with van der Waals surface area (Å²) in [6.07, 6.45) is 0. The summed E-state index contributed by atoms with van der Waals surface area (Å²) in [7, 11) is 0. The minimum absolute atomic E-state index is 0.0445. The highest BCUT2D eigenvalue weighted by Crippen LogP contribution is 2.15. The van der Waals surface area contributed by atoms with Crippen molar-refractivity contribution in [1.29, 1.82) is 0 Å². The van der Waals surface area contributed by atoms with Crippen LogP contribution < -0.4 is 10.6 Å². The van der Waals surface area contributed by atoms with Gasteiger partial charge >= 0.3 is 0 Å². The lowest BCUT2D eigenvalue weighted by molar-refractivity contribution is -0.120. The van der Waals surface area contributed by atoms with Crippen LogP contribution >= 0.6 is 11.6 Å². The molecule has 18 heavy (non-hydrogen) atoms. The van der Waals surface area contributed by atoms with E-state index in [1.54, 1.807) is 12.1 Å². The normalized spacial score (nSPS) is 10.7. The second-order valence-electron chi connectivity index (χ2n) is 4.55. The van der Waals surface area contributed by atoms with E-state index < -0.39 is 5.82 Å². The van der Waals surface area contributed by atoms with E-state index >= 15 is 0 Å². The summed E-state index contributed by atoms with van der Waals surface area (Å²) >= 11 is 5.66. The molecule has 1 aromatic carbocycles. The Bertz CT molecular complexity index is 410. The van der Waals surface area contributed by atoms with Crippen molar-refractivity contribution in [1.82, 2.24) is 10.6 Å². The predicted molar refractivity (Wildman–Crippen MR) is 71.0 cm³/mol. The molecule has 0 aliphatic heterocycles. The van der Waals surface area contributed by atoms with Crippen LogP contribution in [0.4, 0.5) is 4.39 Å². The van der Waals surface area contributed by atoms with Gasteiger partial charge in [0, 0.05) is 13.1 Å². The largest absolute Gasteiger partial charge is 0.355 e. The molecule has 0 spiro atoms. The van der Waals surface area contributed by atoms with Crippen molar-refractivity contribution in [2.45, 2.75) is 20.4 Å². The molecule has 3 nitrogen and oxygen atoms in total. The lowest BCUT2D eigenvalue weighted by atomic mass is 10.2. The predicted octanol–water partition coefficient (Wildman–Crippen LogP) is 2.34. The third-order valence-electron chi connectivity index (χ3n) is 2.31. The summed E-state index contributed by atoms with van der Waals surface area (Å²) in [5.41, 5.74) is 0.845. The van der Waals surface area contributed by atoms with Crippen LogP contribution in [0.3, 0.4) is 0 Å². The van der Waals surface area contributed by atoms with Gasteiger partial charge in [0.1, 0.15) is 5.82 Å². The fraction of sp³-hybridized carbons (Fsp3) is 0.462. The number of nitrogens with one attached hydrogen (secondary N) is 2. The standard InChI is InChI=1S/C13H18ClFN2O/c1-9(2)6-17-13(18)8-16-7-10-3-4-12(15)11(14)5-10/h3-5,9,16H,6-8H2,1-2H3,(H,17,18). The molecular formula is C13H18ClFN2O. The summed E-state index contributed by atoms with van der Waals surface area (Å²) in [4.78, 5) is 11.4. The Balaban J connectivity index is 2.28. The Morgan fingerprint density at radius 2 is 2.17 bits per heavy atom. The maximum Gasteiger partial charge on any atom is 0.233 e. The fourth-order valence-electron chi connectivity index (χ4n) is 1.35. The Labute approximate surface area is 112 Å². The molecule has 0 bridgehead atoms. The molecule has 1 rings (SSSR count). The highest BCUT2D eigenvalue weighted by atomic mass is 35.5. The van der Waals surface area contributed by atoms with Crippen LogP contribution in [-0.4, -0.2) is 19.0 Å². The molecule has 0 heterocycles. The first-order valence-electron chi connectivity index (χ1n) is 5.90. The van der Waals surface area contributed by atoms with E-state index in [-0.39, 0.29) is 17.5 Å². The molecular weight excluding hydrogens is 255 g/mol. The molecule has 0 atom stereocenters. The molecule has 0 radical (unpaired) electrons. The Morgan fingerprint density at radius 3 is 2.78 bits per heavy atom. The monoisotopic (exact) mass is 272 g/mol. The van der Waals surface area contributed by atoms with Gasteiger partial charge in [0.15, 0.2) is 0 Å². The lowest BCUT2D eigenvalue weighted by Gasteiger charge is -2.08. The Morgan fingerprint density at radius 1 is 1.44 bits per heavy atom. The molecule has 0 aliphatic carbocycles. The van der Waals surface area contributed by atoms with E-state index in [2.05, 4.69) is 10.6 Å². The van der Waals surface area contributed by atoms with Crippen LogP contribution in [0.15, 0.2) is 18.2 Å². The Hall–Kier alpha value is -1.13. The SMILES string of the molecule is CC(C)CNC(=O)CNCc1ccc(F)c(Cl)c1. The number of carbonyl (C=O) groups is 1. The smallest absolute Gasteiger partial charge is 0.233 e. The first-order chi connectivity index (χ1) is 8.49. The molecule has 1 aromatic rings. The molecule has 5 heteroatoms. The van der Waals surface area contributed by atoms with Crippen molar-refractivity contribution in [3.63, 3.8) is 0 Å². The zero-order valence-electron chi connectivity index (χ0n) is 10.6. The van der Waals surface area contributed by atoms with E-state index in [1.165, 1.54) is 6.07 Å². The van der Waals surface area contributed by atoms with Crippen molar-refractivity contribution in [3.05, 3.63) is 34.6 Å². The second-order valence-corrected chi connectivity index (χ2v) is 4.96. The summed E-state index contributed by atoms with van der Waals surface area (Å²) in [6.45, 7) is 5.46. The number of rotatable bonds is 6. The van der Waals surface area contributed by atoms with Crippen molar-refractivity contribution < 1.29 is 9.18 Å². The molecule has 0 fully saturated rings. The highest BCUT2D eigenvalue weighted by molar-refractivity contribution is 6.30. The highest BCUT2D eigenvalue weighted by Gasteiger charge is 2.03. The maximum atomic E-state index is 12.9. The van der Waals surface area contributed by atoms with Crippen LogP contribution in [0.2, 0.25) is 5.02 Å². The first-order valence-corrected chi connectivity index (χ1v) is 6.28. The number of hydrogen-bond donors (Lipinski definition) is 2. The molecule has 100 valence electrons. The Kier molecular flexibility index (Phi) is 6.09. The van der Waals surface area contributed by atoms with Gasteiger partial charge in [0.25, 0.3) is 0 Å². The van der Waals surface area contributed by atoms with Gasteiger partial charge < -0.3 is 10.6 Å². The van der Waals surface area contributed by atoms with Crippen molar-refractivity contribution >= 4 is 17.5 Å². The summed E-state index contributed by atoms with van der Waals surface area (Å²) < 4.78 is 12.9. The van der Waals surface area contributed by atoms with Crippen molar-refractivity contribution in [2.24, 2.45) is 5.92 Å². The van der Waals surface area contributed by atoms with Gasteiger partial charge in [-0.05, 0) is 23.6 Å². The summed E-state index contributed by atoms with van der Waals surface area (Å²) in [5.74, 6) is -0.0446. The number of amides is 1. The van der Waals surface area contributed by atoms with Gasteiger partial charge in [-0.2, -0.15) is 0 Å². The maximum absolute atomic E-state index is 12.9. The first kappa shape index (κ1) is 14.9. The van der Waals surface area contributed by atoms with Crippen molar-refractivity contribution in [2.75, 3.05) is 13.1 Å². The second kappa shape index (κ2) is 7.34. The van der Waals surface area contributed by atoms with Gasteiger partial charge in [0.05, 0.1) is 11.6 Å². The zero-order chi connectivity index (χ0) is 13.5. The van der Waals surface area contributed by atoms with Gasteiger partial charge in [-0.3, -0.25) is 4.79 Å². The average molecular weight is 273 g/mol. The molecule has 0 aromatic heterocycles. The van der Waals surface area contributed by atoms with Gasteiger partial charge in [-0.15, -0.1) is 0 Å². The molecule has 0 saturated heterocycles.